The lowest BCUT2D eigenvalue weighted by molar-refractivity contribution is 0.313. The number of rotatable bonds is 1. The van der Waals surface area contributed by atoms with Gasteiger partial charge in [-0.2, -0.15) is 4.67 Å². The summed E-state index contributed by atoms with van der Waals surface area (Å²) in [6, 6.07) is 0. The Morgan fingerprint density at radius 3 is 2.00 bits per heavy atom. The maximum atomic E-state index is 11.1. The molecular formula is C4H8NO3P. The molecule has 52 valence electrons. The molecular weight excluding hydrogens is 141 g/mol. The Kier molecular flexibility index (Phi) is 1.51. The third-order valence-electron chi connectivity index (χ3n) is 0.934. The van der Waals surface area contributed by atoms with Crippen LogP contribution < -0.4 is 0 Å². The Bertz CT molecular complexity index is 165. The minimum absolute atomic E-state index is 1.28. The molecule has 5 heteroatoms. The van der Waals surface area contributed by atoms with E-state index < -0.39 is 7.75 Å². The van der Waals surface area contributed by atoms with Crippen LogP contribution in [0.4, 0.5) is 0 Å². The van der Waals surface area contributed by atoms with E-state index >= 15 is 0 Å². The molecule has 0 amide bonds. The van der Waals surface area contributed by atoms with Gasteiger partial charge in [0, 0.05) is 0 Å². The lowest BCUT2D eigenvalue weighted by Gasteiger charge is -2.15. The second-order valence-corrected chi connectivity index (χ2v) is 3.96. The first-order valence-electron chi connectivity index (χ1n) is 2.45. The van der Waals surface area contributed by atoms with Gasteiger partial charge in [0.05, 0.1) is 0 Å². The van der Waals surface area contributed by atoms with Crippen molar-refractivity contribution in [1.29, 1.82) is 0 Å². The zero-order valence-electron chi connectivity index (χ0n) is 5.27. The molecule has 0 N–H and O–H groups in total. The quantitative estimate of drug-likeness (QED) is 0.524. The van der Waals surface area contributed by atoms with Gasteiger partial charge < -0.3 is 9.05 Å². The second kappa shape index (κ2) is 2.05. The molecule has 0 aromatic carbocycles. The van der Waals surface area contributed by atoms with Crippen molar-refractivity contribution in [3.05, 3.63) is 12.5 Å². The van der Waals surface area contributed by atoms with Gasteiger partial charge in [-0.05, 0) is 14.1 Å². The summed E-state index contributed by atoms with van der Waals surface area (Å²) in [6.07, 6.45) is 2.56. The lowest BCUT2D eigenvalue weighted by atomic mass is 11.1. The SMILES string of the molecule is CN(C)P1(=O)OC=CO1. The molecule has 1 heterocycles. The molecule has 0 saturated heterocycles. The highest BCUT2D eigenvalue weighted by Crippen LogP contribution is 2.53. The minimum Gasteiger partial charge on any atom is -0.409 e. The molecule has 1 aliphatic heterocycles. The summed E-state index contributed by atoms with van der Waals surface area (Å²) in [5.41, 5.74) is 0. The van der Waals surface area contributed by atoms with Crippen molar-refractivity contribution in [3.8, 4) is 0 Å². The van der Waals surface area contributed by atoms with Crippen molar-refractivity contribution in [3.63, 3.8) is 0 Å². The summed E-state index contributed by atoms with van der Waals surface area (Å²) < 4.78 is 21.9. The molecule has 0 aromatic heterocycles. The molecule has 0 radical (unpaired) electrons. The first-order valence-corrected chi connectivity index (χ1v) is 3.94. The smallest absolute Gasteiger partial charge is 0.409 e. The van der Waals surface area contributed by atoms with Crippen LogP contribution in [0.5, 0.6) is 0 Å². The van der Waals surface area contributed by atoms with Crippen molar-refractivity contribution in [2.45, 2.75) is 0 Å². The first-order chi connectivity index (χ1) is 4.15. The maximum Gasteiger partial charge on any atom is 0.514 e. The van der Waals surface area contributed by atoms with Crippen molar-refractivity contribution in [2.24, 2.45) is 0 Å². The van der Waals surface area contributed by atoms with E-state index in [0.717, 1.165) is 0 Å². The van der Waals surface area contributed by atoms with Crippen molar-refractivity contribution >= 4 is 7.75 Å². The third-order valence-corrected chi connectivity index (χ3v) is 2.69. The molecule has 1 rings (SSSR count). The van der Waals surface area contributed by atoms with E-state index in [2.05, 4.69) is 9.05 Å². The molecule has 0 atom stereocenters. The highest BCUT2D eigenvalue weighted by atomic mass is 31.2. The molecule has 4 nitrogen and oxygen atoms in total. The fourth-order valence-electron chi connectivity index (χ4n) is 0.417. The normalized spacial score (nSPS) is 21.7. The average Bonchev–Trinajstić information content (AvgIpc) is 2.16. The van der Waals surface area contributed by atoms with Crippen LogP contribution in [0.25, 0.3) is 0 Å². The van der Waals surface area contributed by atoms with Gasteiger partial charge in [-0.25, -0.2) is 4.57 Å². The van der Waals surface area contributed by atoms with Crippen LogP contribution in [-0.2, 0) is 13.6 Å². The van der Waals surface area contributed by atoms with Crippen molar-refractivity contribution in [1.82, 2.24) is 4.67 Å². The predicted molar refractivity (Wildman–Crippen MR) is 32.6 cm³/mol. The summed E-state index contributed by atoms with van der Waals surface area (Å²) in [4.78, 5) is 0. The largest absolute Gasteiger partial charge is 0.514 e. The maximum absolute atomic E-state index is 11.1. The zero-order chi connectivity index (χ0) is 6.91. The monoisotopic (exact) mass is 149 g/mol. The second-order valence-electron chi connectivity index (χ2n) is 1.80. The standard InChI is InChI=1S/C4H8NO3P/c1-5(2)9(6)7-3-4-8-9/h3-4H,1-2H3. The zero-order valence-corrected chi connectivity index (χ0v) is 6.17. The molecule has 0 bridgehead atoms. The van der Waals surface area contributed by atoms with Gasteiger partial charge in [0.25, 0.3) is 0 Å². The lowest BCUT2D eigenvalue weighted by Crippen LogP contribution is -2.07. The number of hydrogen-bond acceptors (Lipinski definition) is 3. The summed E-state index contributed by atoms with van der Waals surface area (Å²) in [5, 5.41) is 0. The van der Waals surface area contributed by atoms with E-state index in [4.69, 9.17) is 0 Å². The van der Waals surface area contributed by atoms with Crippen molar-refractivity contribution < 1.29 is 13.6 Å². The van der Waals surface area contributed by atoms with Crippen LogP contribution in [0.15, 0.2) is 12.5 Å². The van der Waals surface area contributed by atoms with E-state index in [9.17, 15) is 4.57 Å². The highest BCUT2D eigenvalue weighted by Gasteiger charge is 2.31. The number of nitrogens with zero attached hydrogens (tertiary/aromatic N) is 1. The van der Waals surface area contributed by atoms with Crippen LogP contribution in [0.1, 0.15) is 0 Å². The Labute approximate surface area is 53.6 Å². The van der Waals surface area contributed by atoms with Crippen LogP contribution in [0.3, 0.4) is 0 Å². The highest BCUT2D eigenvalue weighted by molar-refractivity contribution is 7.51. The predicted octanol–water partition coefficient (Wildman–Crippen LogP) is 1.17. The molecule has 0 aromatic rings. The first kappa shape index (κ1) is 6.65. The Morgan fingerprint density at radius 1 is 1.33 bits per heavy atom. The van der Waals surface area contributed by atoms with Gasteiger partial charge in [0.15, 0.2) is 0 Å². The molecule has 0 unspecified atom stereocenters. The van der Waals surface area contributed by atoms with E-state index in [1.54, 1.807) is 14.1 Å². The number of hydrogen-bond donors (Lipinski definition) is 0. The molecule has 0 spiro atoms. The van der Waals surface area contributed by atoms with Crippen molar-refractivity contribution in [2.75, 3.05) is 14.1 Å². The van der Waals surface area contributed by atoms with Gasteiger partial charge in [0.1, 0.15) is 12.5 Å². The van der Waals surface area contributed by atoms with Gasteiger partial charge in [-0.1, -0.05) is 0 Å². The van der Waals surface area contributed by atoms with Crippen LogP contribution in [0, 0.1) is 0 Å². The summed E-state index contributed by atoms with van der Waals surface area (Å²) in [6.45, 7) is 0. The Balaban J connectivity index is 2.67. The van der Waals surface area contributed by atoms with Gasteiger partial charge in [-0.3, -0.25) is 0 Å². The third kappa shape index (κ3) is 1.09. The fraction of sp³-hybridized carbons (Fsp3) is 0.500. The van der Waals surface area contributed by atoms with Crippen LogP contribution >= 0.6 is 7.75 Å². The Hall–Kier alpha value is -0.470. The fourth-order valence-corrected chi connectivity index (χ4v) is 1.25. The van der Waals surface area contributed by atoms with Gasteiger partial charge in [0.2, 0.25) is 0 Å². The molecule has 0 aliphatic carbocycles. The summed E-state index contributed by atoms with van der Waals surface area (Å²) in [7, 11) is 0.346. The molecule has 9 heavy (non-hydrogen) atoms. The van der Waals surface area contributed by atoms with E-state index in [1.165, 1.54) is 17.2 Å². The van der Waals surface area contributed by atoms with Gasteiger partial charge >= 0.3 is 7.75 Å². The summed E-state index contributed by atoms with van der Waals surface area (Å²) in [5.74, 6) is 0. The molecule has 1 aliphatic rings. The Morgan fingerprint density at radius 2 is 1.78 bits per heavy atom. The molecule has 0 saturated carbocycles. The minimum atomic E-state index is -2.92. The topological polar surface area (TPSA) is 38.8 Å². The average molecular weight is 149 g/mol. The summed E-state index contributed by atoms with van der Waals surface area (Å²) >= 11 is 0. The van der Waals surface area contributed by atoms with Crippen LogP contribution in [-0.4, -0.2) is 18.8 Å². The van der Waals surface area contributed by atoms with E-state index in [1.807, 2.05) is 0 Å². The van der Waals surface area contributed by atoms with Crippen LogP contribution in [0.2, 0.25) is 0 Å². The molecule has 0 fully saturated rings. The van der Waals surface area contributed by atoms with Gasteiger partial charge in [-0.15, -0.1) is 0 Å². The van der Waals surface area contributed by atoms with E-state index in [0.29, 0.717) is 0 Å². The van der Waals surface area contributed by atoms with E-state index in [-0.39, 0.29) is 0 Å².